The number of benzene rings is 1. The van der Waals surface area contributed by atoms with Crippen molar-refractivity contribution in [2.75, 3.05) is 0 Å². The topological polar surface area (TPSA) is 77.4 Å². The molecule has 134 valence electrons. The molecule has 3 heterocycles. The van der Waals surface area contributed by atoms with Crippen molar-refractivity contribution in [1.29, 1.82) is 0 Å². The highest BCUT2D eigenvalue weighted by molar-refractivity contribution is 9.10. The second-order valence-corrected chi connectivity index (χ2v) is 6.52. The van der Waals surface area contributed by atoms with Gasteiger partial charge in [0, 0.05) is 12.1 Å². The number of aromatic nitrogens is 2. The number of rotatable bonds is 4. The minimum Gasteiger partial charge on any atom is -0.440 e. The van der Waals surface area contributed by atoms with Crippen LogP contribution in [0.3, 0.4) is 0 Å². The third kappa shape index (κ3) is 3.08. The number of carbonyl (C=O) groups excluding carboxylic acids is 1. The van der Waals surface area contributed by atoms with E-state index in [0.29, 0.717) is 16.8 Å². The maximum absolute atomic E-state index is 13.7. The molecular formula is C15H9BrF2N4O3S. The standard InChI is InChI=1S/C15H9BrF2N4O3S/c16-13-9(17)5-11-10(19-13)6-12(22(11)26-18)24-8-3-1-2-7(4-8)14-20-15(23)25-21-14/h1-6,14,21H,(H,20,23). The number of carbonyl (C=O) groups is 1. The maximum atomic E-state index is 13.7. The summed E-state index contributed by atoms with van der Waals surface area (Å²) in [4.78, 5) is 19.8. The molecule has 1 amide bonds. The van der Waals surface area contributed by atoms with Crippen LogP contribution >= 0.6 is 28.3 Å². The smallest absolute Gasteiger partial charge is 0.427 e. The molecule has 1 unspecified atom stereocenters. The molecule has 1 aliphatic rings. The lowest BCUT2D eigenvalue weighted by Crippen LogP contribution is -2.22. The Kier molecular flexibility index (Phi) is 4.42. The summed E-state index contributed by atoms with van der Waals surface area (Å²) in [5, 5.41) is 2.56. The molecule has 2 N–H and O–H groups in total. The molecule has 1 fully saturated rings. The van der Waals surface area contributed by atoms with Crippen LogP contribution in [0.5, 0.6) is 11.6 Å². The molecule has 0 bridgehead atoms. The fraction of sp³-hybridized carbons (Fsp3) is 0.0667. The third-order valence-corrected chi connectivity index (χ3v) is 4.71. The largest absolute Gasteiger partial charge is 0.440 e. The van der Waals surface area contributed by atoms with Gasteiger partial charge in [-0.05, 0) is 33.6 Å². The molecule has 0 saturated carbocycles. The number of pyridine rings is 1. The summed E-state index contributed by atoms with van der Waals surface area (Å²) in [6.07, 6.45) is -1.12. The Hall–Kier alpha value is -2.37. The summed E-state index contributed by atoms with van der Waals surface area (Å²) in [7, 11) is 0. The zero-order valence-electron chi connectivity index (χ0n) is 12.7. The van der Waals surface area contributed by atoms with Crippen LogP contribution in [0.1, 0.15) is 11.7 Å². The molecule has 4 rings (SSSR count). The summed E-state index contributed by atoms with van der Waals surface area (Å²) in [5.74, 6) is -0.0834. The molecular weight excluding hydrogens is 434 g/mol. The van der Waals surface area contributed by atoms with Crippen LogP contribution in [0.15, 0.2) is 41.0 Å². The van der Waals surface area contributed by atoms with E-state index in [9.17, 15) is 13.1 Å². The molecule has 0 aliphatic carbocycles. The van der Waals surface area contributed by atoms with Gasteiger partial charge < -0.3 is 9.57 Å². The maximum Gasteiger partial charge on any atom is 0.427 e. The van der Waals surface area contributed by atoms with E-state index in [1.165, 1.54) is 6.07 Å². The van der Waals surface area contributed by atoms with Gasteiger partial charge in [-0.25, -0.2) is 18.1 Å². The Morgan fingerprint density at radius 2 is 2.19 bits per heavy atom. The summed E-state index contributed by atoms with van der Waals surface area (Å²) in [5.41, 5.74) is 3.81. The SMILES string of the molecule is O=C1NC(c2cccc(Oc3cc4nc(Br)c(F)cc4n3SF)c2)NO1. The molecule has 1 aliphatic heterocycles. The average Bonchev–Trinajstić information content (AvgIpc) is 3.19. The van der Waals surface area contributed by atoms with Gasteiger partial charge >= 0.3 is 6.09 Å². The van der Waals surface area contributed by atoms with Crippen molar-refractivity contribution in [2.24, 2.45) is 0 Å². The lowest BCUT2D eigenvalue weighted by molar-refractivity contribution is 0.121. The first-order valence-electron chi connectivity index (χ1n) is 7.22. The quantitative estimate of drug-likeness (QED) is 0.584. The molecule has 1 saturated heterocycles. The summed E-state index contributed by atoms with van der Waals surface area (Å²) >= 11 is 2.88. The number of nitrogens with zero attached hydrogens (tertiary/aromatic N) is 2. The van der Waals surface area contributed by atoms with E-state index in [-0.39, 0.29) is 28.3 Å². The van der Waals surface area contributed by atoms with Crippen molar-refractivity contribution in [3.8, 4) is 11.6 Å². The Morgan fingerprint density at radius 1 is 1.35 bits per heavy atom. The highest BCUT2D eigenvalue weighted by Gasteiger charge is 2.24. The zero-order chi connectivity index (χ0) is 18.3. The third-order valence-electron chi connectivity index (χ3n) is 3.64. The number of hydrogen-bond donors (Lipinski definition) is 2. The van der Waals surface area contributed by atoms with Crippen LogP contribution < -0.4 is 15.5 Å². The molecule has 26 heavy (non-hydrogen) atoms. The predicted molar refractivity (Wildman–Crippen MR) is 93.5 cm³/mol. The van der Waals surface area contributed by atoms with Gasteiger partial charge in [-0.15, -0.1) is 9.37 Å². The molecule has 0 radical (unpaired) electrons. The highest BCUT2D eigenvalue weighted by Crippen LogP contribution is 2.35. The fourth-order valence-corrected chi connectivity index (χ4v) is 3.18. The predicted octanol–water partition coefficient (Wildman–Crippen LogP) is 4.35. The van der Waals surface area contributed by atoms with Gasteiger partial charge in [0.25, 0.3) is 0 Å². The van der Waals surface area contributed by atoms with Crippen LogP contribution in [0.2, 0.25) is 0 Å². The molecule has 1 atom stereocenters. The van der Waals surface area contributed by atoms with Crippen LogP contribution in [0, 0.1) is 5.82 Å². The number of ether oxygens (including phenoxy) is 1. The summed E-state index contributed by atoms with van der Waals surface area (Å²) < 4.78 is 34.0. The van der Waals surface area contributed by atoms with E-state index in [0.717, 1.165) is 10.0 Å². The second kappa shape index (κ2) is 6.74. The van der Waals surface area contributed by atoms with Crippen molar-refractivity contribution in [1.82, 2.24) is 19.8 Å². The Morgan fingerprint density at radius 3 is 2.92 bits per heavy atom. The molecule has 0 spiro atoms. The highest BCUT2D eigenvalue weighted by atomic mass is 79.9. The van der Waals surface area contributed by atoms with Gasteiger partial charge in [-0.1, -0.05) is 12.1 Å². The van der Waals surface area contributed by atoms with Crippen molar-refractivity contribution in [3.05, 3.63) is 52.4 Å². The van der Waals surface area contributed by atoms with Crippen molar-refractivity contribution >= 4 is 45.4 Å². The number of hydroxylamine groups is 1. The number of halogens is 3. The molecule has 11 heteroatoms. The van der Waals surface area contributed by atoms with Gasteiger partial charge in [-0.2, -0.15) is 0 Å². The lowest BCUT2D eigenvalue weighted by atomic mass is 10.1. The first-order chi connectivity index (χ1) is 12.5. The van der Waals surface area contributed by atoms with Crippen molar-refractivity contribution in [3.63, 3.8) is 0 Å². The molecule has 2 aromatic heterocycles. The van der Waals surface area contributed by atoms with E-state index in [2.05, 4.69) is 36.5 Å². The number of amides is 1. The minimum atomic E-state index is -0.609. The fourth-order valence-electron chi connectivity index (χ4n) is 2.49. The zero-order valence-corrected chi connectivity index (χ0v) is 15.1. The monoisotopic (exact) mass is 442 g/mol. The van der Waals surface area contributed by atoms with Gasteiger partial charge in [0.2, 0.25) is 5.88 Å². The van der Waals surface area contributed by atoms with E-state index in [1.807, 2.05) is 0 Å². The lowest BCUT2D eigenvalue weighted by Gasteiger charge is -2.11. The van der Waals surface area contributed by atoms with Crippen LogP contribution in [-0.4, -0.2) is 15.0 Å². The summed E-state index contributed by atoms with van der Waals surface area (Å²) in [6, 6.07) is 9.44. The number of fused-ring (bicyclic) bond motifs is 1. The minimum absolute atomic E-state index is 0.0302. The van der Waals surface area contributed by atoms with Crippen molar-refractivity contribution in [2.45, 2.75) is 6.17 Å². The van der Waals surface area contributed by atoms with E-state index >= 15 is 0 Å². The average molecular weight is 443 g/mol. The molecule has 7 nitrogen and oxygen atoms in total. The second-order valence-electron chi connectivity index (χ2n) is 5.27. The van der Waals surface area contributed by atoms with Gasteiger partial charge in [0.15, 0.2) is 18.2 Å². The van der Waals surface area contributed by atoms with Gasteiger partial charge in [-0.3, -0.25) is 5.32 Å². The Balaban J connectivity index is 1.68. The van der Waals surface area contributed by atoms with Crippen LogP contribution in [0.4, 0.5) is 13.1 Å². The molecule has 1 aromatic carbocycles. The van der Waals surface area contributed by atoms with E-state index < -0.39 is 18.1 Å². The van der Waals surface area contributed by atoms with Crippen LogP contribution in [0.25, 0.3) is 11.0 Å². The number of hydrogen-bond acceptors (Lipinski definition) is 6. The van der Waals surface area contributed by atoms with Crippen molar-refractivity contribution < 1.29 is 22.6 Å². The van der Waals surface area contributed by atoms with E-state index in [1.54, 1.807) is 24.3 Å². The first kappa shape index (κ1) is 17.1. The normalized spacial score (nSPS) is 16.6. The Labute approximate surface area is 158 Å². The van der Waals surface area contributed by atoms with Gasteiger partial charge in [0.05, 0.1) is 11.0 Å². The van der Waals surface area contributed by atoms with Crippen LogP contribution in [-0.2, 0) is 4.84 Å². The van der Waals surface area contributed by atoms with Gasteiger partial charge in [0.1, 0.15) is 16.5 Å². The summed E-state index contributed by atoms with van der Waals surface area (Å²) in [6.45, 7) is 0. The first-order valence-corrected chi connectivity index (χ1v) is 8.69. The number of nitrogens with one attached hydrogen (secondary N) is 2. The van der Waals surface area contributed by atoms with E-state index in [4.69, 9.17) is 4.74 Å². The molecule has 3 aromatic rings. The Bertz CT molecular complexity index is 1020.